The number of pyridine rings is 1. The van der Waals surface area contributed by atoms with Gasteiger partial charge in [0.25, 0.3) is 5.91 Å². The van der Waals surface area contributed by atoms with Crippen molar-refractivity contribution in [1.82, 2.24) is 4.98 Å². The van der Waals surface area contributed by atoms with Crippen LogP contribution >= 0.6 is 22.6 Å². The molecule has 0 spiro atoms. The van der Waals surface area contributed by atoms with E-state index < -0.39 is 0 Å². The van der Waals surface area contributed by atoms with E-state index in [0.717, 1.165) is 14.5 Å². The number of benzene rings is 2. The van der Waals surface area contributed by atoms with E-state index in [0.29, 0.717) is 11.4 Å². The number of halogens is 1. The molecule has 0 unspecified atom stereocenters. The summed E-state index contributed by atoms with van der Waals surface area (Å²) in [5.74, 6) is 0.461. The molecule has 1 N–H and O–H groups in total. The van der Waals surface area contributed by atoms with Crippen LogP contribution < -0.4 is 10.1 Å². The molecule has 5 heteroatoms. The fourth-order valence-electron chi connectivity index (χ4n) is 2.07. The quantitative estimate of drug-likeness (QED) is 0.673. The molecule has 0 radical (unpaired) electrons. The fourth-order valence-corrected chi connectivity index (χ4v) is 2.43. The van der Waals surface area contributed by atoms with Gasteiger partial charge in [-0.1, -0.05) is 18.2 Å². The highest BCUT2D eigenvalue weighted by Crippen LogP contribution is 2.20. The third kappa shape index (κ3) is 3.54. The van der Waals surface area contributed by atoms with Crippen molar-refractivity contribution >= 4 is 45.1 Å². The minimum Gasteiger partial charge on any atom is -0.484 e. The van der Waals surface area contributed by atoms with Gasteiger partial charge in [-0.15, -0.1) is 0 Å². The predicted molar refractivity (Wildman–Crippen MR) is 95.0 cm³/mol. The van der Waals surface area contributed by atoms with E-state index in [1.807, 2.05) is 54.6 Å². The summed E-state index contributed by atoms with van der Waals surface area (Å²) in [4.78, 5) is 16.3. The lowest BCUT2D eigenvalue weighted by atomic mass is 10.2. The number of ether oxygens (including phenoxy) is 1. The molecule has 0 atom stereocenters. The van der Waals surface area contributed by atoms with Gasteiger partial charge in [0.15, 0.2) is 6.61 Å². The van der Waals surface area contributed by atoms with Gasteiger partial charge in [0.05, 0.1) is 11.2 Å². The van der Waals surface area contributed by atoms with E-state index in [1.165, 1.54) is 0 Å². The molecule has 1 aromatic heterocycles. The van der Waals surface area contributed by atoms with E-state index in [2.05, 4.69) is 32.9 Å². The number of carbonyl (C=O) groups is 1. The Morgan fingerprint density at radius 3 is 2.68 bits per heavy atom. The lowest BCUT2D eigenvalue weighted by Gasteiger charge is -2.09. The number of carbonyl (C=O) groups excluding carboxylic acids is 1. The van der Waals surface area contributed by atoms with Gasteiger partial charge < -0.3 is 10.1 Å². The number of fused-ring (bicyclic) bond motifs is 1. The minimum absolute atomic E-state index is 0.0379. The van der Waals surface area contributed by atoms with Gasteiger partial charge >= 0.3 is 0 Å². The number of rotatable bonds is 4. The van der Waals surface area contributed by atoms with Crippen LogP contribution in [-0.2, 0) is 4.79 Å². The lowest BCUT2D eigenvalue weighted by molar-refractivity contribution is -0.118. The number of hydrogen-bond acceptors (Lipinski definition) is 3. The highest BCUT2D eigenvalue weighted by molar-refractivity contribution is 14.1. The van der Waals surface area contributed by atoms with Gasteiger partial charge in [-0.2, -0.15) is 0 Å². The number of para-hydroxylation sites is 1. The Hall–Kier alpha value is -2.15. The molecule has 0 aliphatic carbocycles. The maximum atomic E-state index is 12.0. The second-order valence-corrected chi connectivity index (χ2v) is 5.92. The molecule has 4 nitrogen and oxygen atoms in total. The zero-order valence-electron chi connectivity index (χ0n) is 11.6. The van der Waals surface area contributed by atoms with Gasteiger partial charge in [-0.05, 0) is 59.0 Å². The standard InChI is InChI=1S/C17H13IN2O2/c18-13-6-8-14(9-7-13)22-11-16(21)20-15-5-1-3-12-4-2-10-19-17(12)15/h1-10H,11H2,(H,20,21). The van der Waals surface area contributed by atoms with Crippen LogP contribution in [0.1, 0.15) is 0 Å². The zero-order chi connectivity index (χ0) is 15.4. The molecule has 0 saturated carbocycles. The molecule has 3 rings (SSSR count). The Labute approximate surface area is 141 Å². The first-order valence-electron chi connectivity index (χ1n) is 6.74. The lowest BCUT2D eigenvalue weighted by Crippen LogP contribution is -2.20. The average molecular weight is 404 g/mol. The summed E-state index contributed by atoms with van der Waals surface area (Å²) in [7, 11) is 0. The molecule has 1 amide bonds. The predicted octanol–water partition coefficient (Wildman–Crippen LogP) is 3.86. The van der Waals surface area contributed by atoms with Crippen molar-refractivity contribution in [1.29, 1.82) is 0 Å². The molecule has 2 aromatic carbocycles. The van der Waals surface area contributed by atoms with E-state index in [-0.39, 0.29) is 12.5 Å². The topological polar surface area (TPSA) is 51.2 Å². The molecule has 0 saturated heterocycles. The average Bonchev–Trinajstić information content (AvgIpc) is 2.55. The normalized spacial score (nSPS) is 10.4. The summed E-state index contributed by atoms with van der Waals surface area (Å²) >= 11 is 2.22. The van der Waals surface area contributed by atoms with Crippen molar-refractivity contribution in [3.05, 3.63) is 64.4 Å². The summed E-state index contributed by atoms with van der Waals surface area (Å²) in [6.07, 6.45) is 1.71. The zero-order valence-corrected chi connectivity index (χ0v) is 13.8. The SMILES string of the molecule is O=C(COc1ccc(I)cc1)Nc1cccc2cccnc12. The Balaban J connectivity index is 1.67. The summed E-state index contributed by atoms with van der Waals surface area (Å²) in [6.45, 7) is -0.0379. The number of nitrogens with one attached hydrogen (secondary N) is 1. The number of anilines is 1. The maximum absolute atomic E-state index is 12.0. The van der Waals surface area contributed by atoms with Gasteiger partial charge in [0.2, 0.25) is 0 Å². The molecule has 0 bridgehead atoms. The number of amides is 1. The van der Waals surface area contributed by atoms with Crippen LogP contribution in [0.2, 0.25) is 0 Å². The highest BCUT2D eigenvalue weighted by Gasteiger charge is 2.07. The number of nitrogens with zero attached hydrogens (tertiary/aromatic N) is 1. The van der Waals surface area contributed by atoms with Crippen molar-refractivity contribution in [2.75, 3.05) is 11.9 Å². The molecule has 0 fully saturated rings. The van der Waals surface area contributed by atoms with Crippen LogP contribution in [-0.4, -0.2) is 17.5 Å². The molecular weight excluding hydrogens is 391 g/mol. The third-order valence-corrected chi connectivity index (χ3v) is 3.81. The van der Waals surface area contributed by atoms with Crippen molar-refractivity contribution in [2.24, 2.45) is 0 Å². The summed E-state index contributed by atoms with van der Waals surface area (Å²) < 4.78 is 6.59. The van der Waals surface area contributed by atoms with Crippen molar-refractivity contribution < 1.29 is 9.53 Å². The first-order valence-corrected chi connectivity index (χ1v) is 7.82. The first-order chi connectivity index (χ1) is 10.7. The van der Waals surface area contributed by atoms with Gasteiger partial charge in [-0.25, -0.2) is 0 Å². The summed E-state index contributed by atoms with van der Waals surface area (Å²) in [5, 5.41) is 3.82. The highest BCUT2D eigenvalue weighted by atomic mass is 127. The molecule has 110 valence electrons. The smallest absolute Gasteiger partial charge is 0.262 e. The van der Waals surface area contributed by atoms with Crippen LogP contribution in [0.25, 0.3) is 10.9 Å². The second kappa shape index (κ2) is 6.74. The first kappa shape index (κ1) is 14.8. The maximum Gasteiger partial charge on any atom is 0.262 e. The van der Waals surface area contributed by atoms with Gasteiger partial charge in [0, 0.05) is 15.2 Å². The van der Waals surface area contributed by atoms with Crippen LogP contribution in [0.3, 0.4) is 0 Å². The van der Waals surface area contributed by atoms with Crippen LogP contribution in [0.15, 0.2) is 60.8 Å². The Bertz CT molecular complexity index is 798. The van der Waals surface area contributed by atoms with Crippen molar-refractivity contribution in [3.63, 3.8) is 0 Å². The monoisotopic (exact) mass is 404 g/mol. The third-order valence-electron chi connectivity index (χ3n) is 3.09. The summed E-state index contributed by atoms with van der Waals surface area (Å²) in [5.41, 5.74) is 1.46. The van der Waals surface area contributed by atoms with E-state index in [1.54, 1.807) is 6.20 Å². The Morgan fingerprint density at radius 1 is 1.09 bits per heavy atom. The van der Waals surface area contributed by atoms with E-state index >= 15 is 0 Å². The Morgan fingerprint density at radius 2 is 1.86 bits per heavy atom. The summed E-state index contributed by atoms with van der Waals surface area (Å²) in [6, 6.07) is 17.1. The molecule has 3 aromatic rings. The van der Waals surface area contributed by atoms with Crippen molar-refractivity contribution in [2.45, 2.75) is 0 Å². The van der Waals surface area contributed by atoms with Gasteiger partial charge in [-0.3, -0.25) is 9.78 Å². The molecule has 22 heavy (non-hydrogen) atoms. The Kier molecular flexibility index (Phi) is 4.53. The minimum atomic E-state index is -0.211. The molecule has 0 aliphatic rings. The second-order valence-electron chi connectivity index (χ2n) is 4.67. The largest absolute Gasteiger partial charge is 0.484 e. The molecule has 1 heterocycles. The molecule has 0 aliphatic heterocycles. The van der Waals surface area contributed by atoms with Crippen LogP contribution in [0.4, 0.5) is 5.69 Å². The van der Waals surface area contributed by atoms with Gasteiger partial charge in [0.1, 0.15) is 5.75 Å². The van der Waals surface area contributed by atoms with Crippen LogP contribution in [0, 0.1) is 3.57 Å². The fraction of sp³-hybridized carbons (Fsp3) is 0.0588. The van der Waals surface area contributed by atoms with E-state index in [4.69, 9.17) is 4.74 Å². The van der Waals surface area contributed by atoms with Crippen LogP contribution in [0.5, 0.6) is 5.75 Å². The number of hydrogen-bond donors (Lipinski definition) is 1. The molecular formula is C17H13IN2O2. The van der Waals surface area contributed by atoms with Crippen molar-refractivity contribution in [3.8, 4) is 5.75 Å². The number of aromatic nitrogens is 1. The van der Waals surface area contributed by atoms with E-state index in [9.17, 15) is 4.79 Å².